The van der Waals surface area contributed by atoms with Crippen molar-refractivity contribution >= 4 is 11.6 Å². The van der Waals surface area contributed by atoms with Crippen LogP contribution in [0.1, 0.15) is 24.8 Å². The molecule has 1 amide bonds. The third-order valence-electron chi connectivity index (χ3n) is 3.03. The molecule has 0 aliphatic rings. The molecule has 2 aromatic carbocycles. The molecule has 0 spiro atoms. The Morgan fingerprint density at radius 2 is 1.58 bits per heavy atom. The van der Waals surface area contributed by atoms with Crippen LogP contribution in [0.15, 0.2) is 60.7 Å². The van der Waals surface area contributed by atoms with Crippen LogP contribution in [0.2, 0.25) is 0 Å². The molecule has 0 saturated heterocycles. The lowest BCUT2D eigenvalue weighted by atomic mass is 9.96. The molecule has 19 heavy (non-hydrogen) atoms. The van der Waals surface area contributed by atoms with Gasteiger partial charge < -0.3 is 0 Å². The van der Waals surface area contributed by atoms with E-state index in [1.165, 1.54) is 0 Å². The van der Waals surface area contributed by atoms with E-state index in [4.69, 9.17) is 0 Å². The molecule has 2 N–H and O–H groups in total. The van der Waals surface area contributed by atoms with Gasteiger partial charge in [0, 0.05) is 0 Å². The van der Waals surface area contributed by atoms with Crippen LogP contribution < -0.4 is 10.9 Å². The van der Waals surface area contributed by atoms with Gasteiger partial charge in [-0.15, -0.1) is 0 Å². The molecular weight excluding hydrogens is 236 g/mol. The fourth-order valence-electron chi connectivity index (χ4n) is 2.00. The quantitative estimate of drug-likeness (QED) is 0.804. The second kappa shape index (κ2) is 6.59. The van der Waals surface area contributed by atoms with Crippen molar-refractivity contribution in [1.82, 2.24) is 5.43 Å². The topological polar surface area (TPSA) is 41.1 Å². The van der Waals surface area contributed by atoms with Crippen molar-refractivity contribution in [1.29, 1.82) is 0 Å². The fraction of sp³-hybridized carbons (Fsp3) is 0.188. The SMILES string of the molecule is CCC(C(=O)NNc1ccccc1)c1ccccc1. The summed E-state index contributed by atoms with van der Waals surface area (Å²) in [6.07, 6.45) is 0.770. The zero-order valence-electron chi connectivity index (χ0n) is 11.0. The Morgan fingerprint density at radius 1 is 1.00 bits per heavy atom. The Hall–Kier alpha value is -2.29. The molecule has 98 valence electrons. The Labute approximate surface area is 113 Å². The summed E-state index contributed by atoms with van der Waals surface area (Å²) in [5.74, 6) is -0.144. The van der Waals surface area contributed by atoms with Crippen LogP contribution in [0.3, 0.4) is 0 Å². The lowest BCUT2D eigenvalue weighted by molar-refractivity contribution is -0.122. The summed E-state index contributed by atoms with van der Waals surface area (Å²) in [5, 5.41) is 0. The molecule has 3 heteroatoms. The van der Waals surface area contributed by atoms with Gasteiger partial charge in [0.05, 0.1) is 11.6 Å². The van der Waals surface area contributed by atoms with Gasteiger partial charge in [-0.05, 0) is 24.1 Å². The standard InChI is InChI=1S/C16H18N2O/c1-2-15(13-9-5-3-6-10-13)16(19)18-17-14-11-7-4-8-12-14/h3-12,15,17H,2H2,1H3,(H,18,19). The Balaban J connectivity index is 1.98. The number of carbonyl (C=O) groups is 1. The molecule has 0 saturated carbocycles. The highest BCUT2D eigenvalue weighted by Crippen LogP contribution is 2.19. The van der Waals surface area contributed by atoms with Crippen molar-refractivity contribution < 1.29 is 4.79 Å². The molecule has 0 fully saturated rings. The maximum absolute atomic E-state index is 12.2. The lowest BCUT2D eigenvalue weighted by Gasteiger charge is -2.16. The van der Waals surface area contributed by atoms with Crippen LogP contribution in [-0.4, -0.2) is 5.91 Å². The first kappa shape index (κ1) is 13.1. The highest BCUT2D eigenvalue weighted by Gasteiger charge is 2.17. The number of anilines is 1. The Kier molecular flexibility index (Phi) is 4.56. The van der Waals surface area contributed by atoms with Gasteiger partial charge in [-0.1, -0.05) is 55.5 Å². The summed E-state index contributed by atoms with van der Waals surface area (Å²) in [6, 6.07) is 19.4. The van der Waals surface area contributed by atoms with Crippen LogP contribution in [-0.2, 0) is 4.79 Å². The van der Waals surface area contributed by atoms with Crippen LogP contribution in [0.25, 0.3) is 0 Å². The number of hydrazine groups is 1. The van der Waals surface area contributed by atoms with E-state index in [0.29, 0.717) is 0 Å². The van der Waals surface area contributed by atoms with E-state index in [2.05, 4.69) is 10.9 Å². The second-order valence-corrected chi connectivity index (χ2v) is 4.35. The molecule has 3 nitrogen and oxygen atoms in total. The summed E-state index contributed by atoms with van der Waals surface area (Å²) in [7, 11) is 0. The number of para-hydroxylation sites is 1. The molecular formula is C16H18N2O. The van der Waals surface area contributed by atoms with Gasteiger partial charge in [0.1, 0.15) is 0 Å². The number of amides is 1. The first-order valence-corrected chi connectivity index (χ1v) is 6.47. The van der Waals surface area contributed by atoms with Gasteiger partial charge >= 0.3 is 0 Å². The van der Waals surface area contributed by atoms with Crippen LogP contribution >= 0.6 is 0 Å². The van der Waals surface area contributed by atoms with Crippen molar-refractivity contribution in [2.75, 3.05) is 5.43 Å². The minimum absolute atomic E-state index is 0.0162. The first-order chi connectivity index (χ1) is 9.31. The summed E-state index contributed by atoms with van der Waals surface area (Å²) >= 11 is 0. The van der Waals surface area contributed by atoms with Crippen molar-refractivity contribution in [2.45, 2.75) is 19.3 Å². The Morgan fingerprint density at radius 3 is 2.16 bits per heavy atom. The maximum atomic E-state index is 12.2. The number of carbonyl (C=O) groups excluding carboxylic acids is 1. The summed E-state index contributed by atoms with van der Waals surface area (Å²) in [5.41, 5.74) is 7.60. The summed E-state index contributed by atoms with van der Waals surface area (Å²) in [4.78, 5) is 12.2. The van der Waals surface area contributed by atoms with E-state index in [-0.39, 0.29) is 11.8 Å². The zero-order chi connectivity index (χ0) is 13.5. The number of benzene rings is 2. The zero-order valence-corrected chi connectivity index (χ0v) is 11.0. The molecule has 0 bridgehead atoms. The minimum atomic E-state index is -0.127. The molecule has 0 aliphatic carbocycles. The van der Waals surface area contributed by atoms with E-state index in [0.717, 1.165) is 17.7 Å². The summed E-state index contributed by atoms with van der Waals surface area (Å²) in [6.45, 7) is 2.01. The van der Waals surface area contributed by atoms with E-state index in [1.807, 2.05) is 67.6 Å². The monoisotopic (exact) mass is 254 g/mol. The van der Waals surface area contributed by atoms with E-state index < -0.39 is 0 Å². The smallest absolute Gasteiger partial charge is 0.245 e. The van der Waals surface area contributed by atoms with Crippen LogP contribution in [0.4, 0.5) is 5.69 Å². The fourth-order valence-corrected chi connectivity index (χ4v) is 2.00. The Bertz CT molecular complexity index is 511. The normalized spacial score (nSPS) is 11.6. The molecule has 1 atom stereocenters. The molecule has 0 aliphatic heterocycles. The highest BCUT2D eigenvalue weighted by molar-refractivity contribution is 5.84. The number of hydrogen-bond donors (Lipinski definition) is 2. The molecule has 0 aromatic heterocycles. The van der Waals surface area contributed by atoms with Gasteiger partial charge in [0.2, 0.25) is 5.91 Å². The largest absolute Gasteiger partial charge is 0.299 e. The third-order valence-corrected chi connectivity index (χ3v) is 3.03. The van der Waals surface area contributed by atoms with Gasteiger partial charge in [-0.2, -0.15) is 0 Å². The predicted molar refractivity (Wildman–Crippen MR) is 77.7 cm³/mol. The minimum Gasteiger partial charge on any atom is -0.299 e. The predicted octanol–water partition coefficient (Wildman–Crippen LogP) is 3.32. The van der Waals surface area contributed by atoms with E-state index in [1.54, 1.807) is 0 Å². The summed E-state index contributed by atoms with van der Waals surface area (Å²) < 4.78 is 0. The van der Waals surface area contributed by atoms with Crippen molar-refractivity contribution in [3.8, 4) is 0 Å². The highest BCUT2D eigenvalue weighted by atomic mass is 16.2. The van der Waals surface area contributed by atoms with Gasteiger partial charge in [-0.3, -0.25) is 15.6 Å². The second-order valence-electron chi connectivity index (χ2n) is 4.35. The molecule has 1 unspecified atom stereocenters. The molecule has 0 radical (unpaired) electrons. The number of rotatable bonds is 5. The molecule has 2 rings (SSSR count). The lowest BCUT2D eigenvalue weighted by Crippen LogP contribution is -2.33. The van der Waals surface area contributed by atoms with Crippen molar-refractivity contribution in [2.24, 2.45) is 0 Å². The van der Waals surface area contributed by atoms with Gasteiger partial charge in [0.25, 0.3) is 0 Å². The first-order valence-electron chi connectivity index (χ1n) is 6.47. The van der Waals surface area contributed by atoms with Crippen molar-refractivity contribution in [3.63, 3.8) is 0 Å². The molecule has 0 heterocycles. The average Bonchev–Trinajstić information content (AvgIpc) is 2.48. The van der Waals surface area contributed by atoms with Gasteiger partial charge in [-0.25, -0.2) is 0 Å². The average molecular weight is 254 g/mol. The number of hydrogen-bond acceptors (Lipinski definition) is 2. The number of nitrogens with one attached hydrogen (secondary N) is 2. The van der Waals surface area contributed by atoms with E-state index >= 15 is 0 Å². The van der Waals surface area contributed by atoms with Gasteiger partial charge in [0.15, 0.2) is 0 Å². The maximum Gasteiger partial charge on any atom is 0.245 e. The van der Waals surface area contributed by atoms with E-state index in [9.17, 15) is 4.79 Å². The van der Waals surface area contributed by atoms with Crippen molar-refractivity contribution in [3.05, 3.63) is 66.2 Å². The third kappa shape index (κ3) is 3.58. The van der Waals surface area contributed by atoms with Crippen LogP contribution in [0, 0.1) is 0 Å². The van der Waals surface area contributed by atoms with Crippen LogP contribution in [0.5, 0.6) is 0 Å². The molecule has 2 aromatic rings.